The molecule has 2 amide bonds. The molecule has 0 bridgehead atoms. The lowest BCUT2D eigenvalue weighted by Gasteiger charge is -2.34. The predicted molar refractivity (Wildman–Crippen MR) is 113 cm³/mol. The van der Waals surface area contributed by atoms with Gasteiger partial charge in [0.2, 0.25) is 0 Å². The van der Waals surface area contributed by atoms with Gasteiger partial charge in [0.25, 0.3) is 11.8 Å². The minimum absolute atomic E-state index is 0.00761. The third kappa shape index (κ3) is 5.57. The summed E-state index contributed by atoms with van der Waals surface area (Å²) in [4.78, 5) is 29.5. The van der Waals surface area contributed by atoms with Crippen molar-refractivity contribution in [2.45, 2.75) is 13.3 Å². The molecule has 1 fully saturated rings. The second-order valence-corrected chi connectivity index (χ2v) is 7.16. The van der Waals surface area contributed by atoms with E-state index >= 15 is 0 Å². The van der Waals surface area contributed by atoms with Crippen molar-refractivity contribution in [3.63, 3.8) is 0 Å². The average molecular weight is 396 g/mol. The Hall–Kier alpha value is -2.86. The van der Waals surface area contributed by atoms with Gasteiger partial charge in [0.15, 0.2) is 0 Å². The van der Waals surface area contributed by atoms with Crippen LogP contribution >= 0.6 is 0 Å². The standard InChI is InChI=1S/C23H29N3O3/c1-3-25-12-14-26(15-13-25)23(28)20-8-5-7-19(17-20)22(27)24-11-10-18-6-4-9-21(16-18)29-2/h4-9,16-17H,3,10-15H2,1-2H3,(H,24,27). The van der Waals surface area contributed by atoms with Crippen molar-refractivity contribution in [2.75, 3.05) is 46.4 Å². The lowest BCUT2D eigenvalue weighted by molar-refractivity contribution is 0.0643. The summed E-state index contributed by atoms with van der Waals surface area (Å²) in [7, 11) is 1.64. The summed E-state index contributed by atoms with van der Waals surface area (Å²) in [6.45, 7) is 6.90. The second kappa shape index (κ2) is 10.1. The molecule has 0 unspecified atom stereocenters. The van der Waals surface area contributed by atoms with Gasteiger partial charge in [0.1, 0.15) is 5.75 Å². The summed E-state index contributed by atoms with van der Waals surface area (Å²) < 4.78 is 5.22. The van der Waals surface area contributed by atoms with Crippen LogP contribution in [0.4, 0.5) is 0 Å². The zero-order valence-corrected chi connectivity index (χ0v) is 17.2. The first-order chi connectivity index (χ1) is 14.1. The fraction of sp³-hybridized carbons (Fsp3) is 0.391. The molecule has 3 rings (SSSR count). The summed E-state index contributed by atoms with van der Waals surface area (Å²) in [5.74, 6) is 0.630. The number of hydrogen-bond donors (Lipinski definition) is 1. The lowest BCUT2D eigenvalue weighted by atomic mass is 10.1. The largest absolute Gasteiger partial charge is 0.497 e. The molecule has 2 aromatic carbocycles. The first-order valence-electron chi connectivity index (χ1n) is 10.1. The Morgan fingerprint density at radius 2 is 1.72 bits per heavy atom. The molecule has 154 valence electrons. The molecule has 1 N–H and O–H groups in total. The van der Waals surface area contributed by atoms with Gasteiger partial charge in [-0.15, -0.1) is 0 Å². The third-order valence-electron chi connectivity index (χ3n) is 5.31. The minimum atomic E-state index is -0.168. The number of carbonyl (C=O) groups is 2. The maximum atomic E-state index is 12.8. The van der Waals surface area contributed by atoms with Gasteiger partial charge in [-0.05, 0) is 48.9 Å². The Balaban J connectivity index is 1.55. The highest BCUT2D eigenvalue weighted by molar-refractivity contribution is 5.99. The van der Waals surface area contributed by atoms with Crippen LogP contribution in [0.15, 0.2) is 48.5 Å². The first-order valence-corrected chi connectivity index (χ1v) is 10.1. The second-order valence-electron chi connectivity index (χ2n) is 7.16. The van der Waals surface area contributed by atoms with Gasteiger partial charge in [-0.3, -0.25) is 9.59 Å². The highest BCUT2D eigenvalue weighted by Gasteiger charge is 2.21. The number of amides is 2. The third-order valence-corrected chi connectivity index (χ3v) is 5.31. The van der Waals surface area contributed by atoms with Crippen molar-refractivity contribution in [3.05, 3.63) is 65.2 Å². The highest BCUT2D eigenvalue weighted by Crippen LogP contribution is 2.13. The van der Waals surface area contributed by atoms with Crippen LogP contribution < -0.4 is 10.1 Å². The molecule has 0 atom stereocenters. The Morgan fingerprint density at radius 3 is 2.45 bits per heavy atom. The van der Waals surface area contributed by atoms with Crippen LogP contribution in [0.25, 0.3) is 0 Å². The van der Waals surface area contributed by atoms with Gasteiger partial charge in [-0.25, -0.2) is 0 Å². The number of hydrogen-bond acceptors (Lipinski definition) is 4. The molecule has 6 nitrogen and oxygen atoms in total. The maximum Gasteiger partial charge on any atom is 0.253 e. The lowest BCUT2D eigenvalue weighted by Crippen LogP contribution is -2.48. The molecule has 0 aliphatic carbocycles. The minimum Gasteiger partial charge on any atom is -0.497 e. The zero-order valence-electron chi connectivity index (χ0n) is 17.2. The molecule has 1 aliphatic rings. The topological polar surface area (TPSA) is 61.9 Å². The number of piperazine rings is 1. The fourth-order valence-corrected chi connectivity index (χ4v) is 3.49. The number of likely N-dealkylation sites (N-methyl/N-ethyl adjacent to an activating group) is 1. The van der Waals surface area contributed by atoms with E-state index in [0.29, 0.717) is 24.1 Å². The molecule has 29 heavy (non-hydrogen) atoms. The molecular formula is C23H29N3O3. The van der Waals surface area contributed by atoms with Gasteiger partial charge < -0.3 is 19.9 Å². The SMILES string of the molecule is CCN1CCN(C(=O)c2cccc(C(=O)NCCc3cccc(OC)c3)c2)CC1. The zero-order chi connectivity index (χ0) is 20.6. The van der Waals surface area contributed by atoms with Gasteiger partial charge in [-0.1, -0.05) is 25.1 Å². The number of rotatable bonds is 7. The number of ether oxygens (including phenoxy) is 1. The quantitative estimate of drug-likeness (QED) is 0.782. The summed E-state index contributed by atoms with van der Waals surface area (Å²) in [6, 6.07) is 14.8. The number of benzene rings is 2. The van der Waals surface area contributed by atoms with E-state index in [0.717, 1.165) is 44.0 Å². The number of nitrogens with one attached hydrogen (secondary N) is 1. The van der Waals surface area contributed by atoms with E-state index in [-0.39, 0.29) is 11.8 Å². The molecule has 6 heteroatoms. The van der Waals surface area contributed by atoms with Crippen molar-refractivity contribution in [3.8, 4) is 5.75 Å². The first kappa shape index (κ1) is 20.9. The van der Waals surface area contributed by atoms with E-state index in [1.165, 1.54) is 0 Å². The van der Waals surface area contributed by atoms with Crippen molar-refractivity contribution < 1.29 is 14.3 Å². The molecule has 0 saturated carbocycles. The van der Waals surface area contributed by atoms with Gasteiger partial charge in [0, 0.05) is 43.9 Å². The van der Waals surface area contributed by atoms with Crippen molar-refractivity contribution in [1.82, 2.24) is 15.1 Å². The van der Waals surface area contributed by atoms with Crippen LogP contribution in [0.5, 0.6) is 5.75 Å². The van der Waals surface area contributed by atoms with Crippen molar-refractivity contribution in [1.29, 1.82) is 0 Å². The van der Waals surface area contributed by atoms with Crippen LogP contribution in [-0.2, 0) is 6.42 Å². The summed E-state index contributed by atoms with van der Waals surface area (Å²) >= 11 is 0. The van der Waals surface area contributed by atoms with E-state index in [2.05, 4.69) is 17.1 Å². The number of carbonyl (C=O) groups excluding carboxylic acids is 2. The van der Waals surface area contributed by atoms with Gasteiger partial charge >= 0.3 is 0 Å². The Kier molecular flexibility index (Phi) is 7.25. The molecular weight excluding hydrogens is 366 g/mol. The van der Waals surface area contributed by atoms with Crippen LogP contribution in [0, 0.1) is 0 Å². The van der Waals surface area contributed by atoms with Crippen LogP contribution in [0.3, 0.4) is 0 Å². The summed E-state index contributed by atoms with van der Waals surface area (Å²) in [5.41, 5.74) is 2.17. The Morgan fingerprint density at radius 1 is 1.00 bits per heavy atom. The van der Waals surface area contributed by atoms with Crippen LogP contribution in [-0.4, -0.2) is 68.0 Å². The van der Waals surface area contributed by atoms with Crippen LogP contribution in [0.1, 0.15) is 33.2 Å². The molecule has 0 spiro atoms. The maximum absolute atomic E-state index is 12.8. The van der Waals surface area contributed by atoms with E-state index in [4.69, 9.17) is 4.74 Å². The molecule has 1 aliphatic heterocycles. The normalized spacial score (nSPS) is 14.5. The Bertz CT molecular complexity index is 845. The van der Waals surface area contributed by atoms with E-state index in [1.807, 2.05) is 29.2 Å². The molecule has 2 aromatic rings. The van der Waals surface area contributed by atoms with E-state index in [9.17, 15) is 9.59 Å². The number of nitrogens with zero attached hydrogens (tertiary/aromatic N) is 2. The average Bonchev–Trinajstić information content (AvgIpc) is 2.78. The predicted octanol–water partition coefficient (Wildman–Crippen LogP) is 2.45. The van der Waals surface area contributed by atoms with Gasteiger partial charge in [-0.2, -0.15) is 0 Å². The van der Waals surface area contributed by atoms with Crippen molar-refractivity contribution in [2.24, 2.45) is 0 Å². The summed E-state index contributed by atoms with van der Waals surface area (Å²) in [6.07, 6.45) is 0.712. The molecule has 0 radical (unpaired) electrons. The fourth-order valence-electron chi connectivity index (χ4n) is 3.49. The molecule has 1 heterocycles. The van der Waals surface area contributed by atoms with Gasteiger partial charge in [0.05, 0.1) is 7.11 Å². The van der Waals surface area contributed by atoms with E-state index < -0.39 is 0 Å². The molecule has 0 aromatic heterocycles. The Labute approximate surface area is 172 Å². The van der Waals surface area contributed by atoms with E-state index in [1.54, 1.807) is 31.4 Å². The highest BCUT2D eigenvalue weighted by atomic mass is 16.5. The summed E-state index contributed by atoms with van der Waals surface area (Å²) in [5, 5.41) is 2.93. The van der Waals surface area contributed by atoms with Crippen LogP contribution in [0.2, 0.25) is 0 Å². The molecule has 1 saturated heterocycles. The number of methoxy groups -OCH3 is 1. The van der Waals surface area contributed by atoms with Crippen molar-refractivity contribution >= 4 is 11.8 Å². The smallest absolute Gasteiger partial charge is 0.253 e. The monoisotopic (exact) mass is 395 g/mol.